The van der Waals surface area contributed by atoms with Crippen LogP contribution in [0.25, 0.3) is 0 Å². The standard InChI is InChI=1S/C11H22N2/c1-4-9-5-6-10(7-9)11(13-12)8(2)3/h9-11,13H,2,4-7,12H2,1,3H3. The van der Waals surface area contributed by atoms with Crippen LogP contribution in [-0.4, -0.2) is 6.04 Å². The second-order valence-corrected chi connectivity index (χ2v) is 4.34. The maximum atomic E-state index is 5.53. The molecule has 0 aromatic carbocycles. The lowest BCUT2D eigenvalue weighted by Gasteiger charge is -2.23. The van der Waals surface area contributed by atoms with Crippen molar-refractivity contribution >= 4 is 0 Å². The molecule has 0 heterocycles. The predicted molar refractivity (Wildman–Crippen MR) is 57.0 cm³/mol. The lowest BCUT2D eigenvalue weighted by molar-refractivity contribution is 0.387. The Morgan fingerprint density at radius 3 is 2.69 bits per heavy atom. The van der Waals surface area contributed by atoms with Crippen LogP contribution in [0.2, 0.25) is 0 Å². The summed E-state index contributed by atoms with van der Waals surface area (Å²) in [4.78, 5) is 0. The van der Waals surface area contributed by atoms with Crippen LogP contribution in [-0.2, 0) is 0 Å². The van der Waals surface area contributed by atoms with E-state index in [1.54, 1.807) is 0 Å². The monoisotopic (exact) mass is 182 g/mol. The van der Waals surface area contributed by atoms with Gasteiger partial charge in [-0.25, -0.2) is 0 Å². The number of hydrazine groups is 1. The molecule has 0 amide bonds. The lowest BCUT2D eigenvalue weighted by Crippen LogP contribution is -2.40. The second-order valence-electron chi connectivity index (χ2n) is 4.34. The molecule has 3 N–H and O–H groups in total. The predicted octanol–water partition coefficient (Wildman–Crippen LogP) is 2.22. The van der Waals surface area contributed by atoms with Crippen LogP contribution in [0.15, 0.2) is 12.2 Å². The van der Waals surface area contributed by atoms with E-state index < -0.39 is 0 Å². The molecule has 3 unspecified atom stereocenters. The fourth-order valence-electron chi connectivity index (χ4n) is 2.47. The molecule has 0 aliphatic heterocycles. The fraction of sp³-hybridized carbons (Fsp3) is 0.818. The SMILES string of the molecule is C=C(C)C(NN)C1CCC(CC)C1. The van der Waals surface area contributed by atoms with Gasteiger partial charge in [-0.15, -0.1) is 0 Å². The molecule has 0 aromatic rings. The molecular weight excluding hydrogens is 160 g/mol. The van der Waals surface area contributed by atoms with Gasteiger partial charge in [-0.3, -0.25) is 11.3 Å². The molecule has 0 spiro atoms. The zero-order valence-corrected chi connectivity index (χ0v) is 8.84. The third-order valence-corrected chi connectivity index (χ3v) is 3.34. The molecule has 13 heavy (non-hydrogen) atoms. The number of hydrogen-bond acceptors (Lipinski definition) is 2. The van der Waals surface area contributed by atoms with Crippen molar-refractivity contribution in [3.05, 3.63) is 12.2 Å². The van der Waals surface area contributed by atoms with Crippen LogP contribution in [0, 0.1) is 11.8 Å². The van der Waals surface area contributed by atoms with Gasteiger partial charge in [0.1, 0.15) is 0 Å². The van der Waals surface area contributed by atoms with Crippen LogP contribution in [0.5, 0.6) is 0 Å². The highest BCUT2D eigenvalue weighted by Gasteiger charge is 2.29. The molecule has 76 valence electrons. The molecule has 0 aromatic heterocycles. The van der Waals surface area contributed by atoms with Crippen LogP contribution < -0.4 is 11.3 Å². The molecule has 2 nitrogen and oxygen atoms in total. The Kier molecular flexibility index (Phi) is 3.94. The van der Waals surface area contributed by atoms with Gasteiger partial charge in [-0.2, -0.15) is 0 Å². The van der Waals surface area contributed by atoms with Gasteiger partial charge >= 0.3 is 0 Å². The topological polar surface area (TPSA) is 38.0 Å². The summed E-state index contributed by atoms with van der Waals surface area (Å²) in [5.41, 5.74) is 4.06. The quantitative estimate of drug-likeness (QED) is 0.397. The molecule has 1 aliphatic rings. The molecule has 0 saturated heterocycles. The van der Waals surface area contributed by atoms with E-state index in [4.69, 9.17) is 5.84 Å². The van der Waals surface area contributed by atoms with Crippen LogP contribution in [0.1, 0.15) is 39.5 Å². The van der Waals surface area contributed by atoms with Crippen LogP contribution >= 0.6 is 0 Å². The third kappa shape index (κ3) is 2.55. The number of nitrogens with two attached hydrogens (primary N) is 1. The van der Waals surface area contributed by atoms with Crippen molar-refractivity contribution in [1.82, 2.24) is 5.43 Å². The third-order valence-electron chi connectivity index (χ3n) is 3.34. The van der Waals surface area contributed by atoms with E-state index in [1.165, 1.54) is 31.3 Å². The van der Waals surface area contributed by atoms with Crippen molar-refractivity contribution in [2.45, 2.75) is 45.6 Å². The highest BCUT2D eigenvalue weighted by atomic mass is 15.2. The van der Waals surface area contributed by atoms with Gasteiger partial charge < -0.3 is 0 Å². The van der Waals surface area contributed by atoms with Crippen molar-refractivity contribution in [3.8, 4) is 0 Å². The Labute approximate surface area is 81.6 Å². The molecule has 3 atom stereocenters. The number of rotatable bonds is 4. The van der Waals surface area contributed by atoms with Gasteiger partial charge in [0, 0.05) is 6.04 Å². The van der Waals surface area contributed by atoms with Gasteiger partial charge in [0.15, 0.2) is 0 Å². The van der Waals surface area contributed by atoms with E-state index in [1.807, 2.05) is 0 Å². The first-order chi connectivity index (χ1) is 6.19. The smallest absolute Gasteiger partial charge is 0.0442 e. The first-order valence-corrected chi connectivity index (χ1v) is 5.30. The Morgan fingerprint density at radius 1 is 1.62 bits per heavy atom. The molecular formula is C11H22N2. The summed E-state index contributed by atoms with van der Waals surface area (Å²) >= 11 is 0. The first-order valence-electron chi connectivity index (χ1n) is 5.30. The molecule has 1 fully saturated rings. The average Bonchev–Trinajstić information content (AvgIpc) is 2.53. The maximum absolute atomic E-state index is 5.53. The summed E-state index contributed by atoms with van der Waals surface area (Å²) in [5.74, 6) is 7.16. The Bertz CT molecular complexity index is 177. The van der Waals surface area contributed by atoms with Gasteiger partial charge in [-0.05, 0) is 31.6 Å². The molecule has 2 heteroatoms. The molecule has 1 saturated carbocycles. The van der Waals surface area contributed by atoms with Crippen LogP contribution in [0.3, 0.4) is 0 Å². The summed E-state index contributed by atoms with van der Waals surface area (Å²) in [6, 6.07) is 0.330. The first kappa shape index (κ1) is 10.7. The zero-order valence-electron chi connectivity index (χ0n) is 8.84. The largest absolute Gasteiger partial charge is 0.271 e. The van der Waals surface area contributed by atoms with Crippen molar-refractivity contribution in [1.29, 1.82) is 0 Å². The van der Waals surface area contributed by atoms with Crippen molar-refractivity contribution < 1.29 is 0 Å². The number of hydrogen-bond donors (Lipinski definition) is 2. The zero-order chi connectivity index (χ0) is 9.84. The highest BCUT2D eigenvalue weighted by molar-refractivity contribution is 5.05. The Morgan fingerprint density at radius 2 is 2.31 bits per heavy atom. The van der Waals surface area contributed by atoms with Gasteiger partial charge in [0.25, 0.3) is 0 Å². The van der Waals surface area contributed by atoms with Crippen molar-refractivity contribution in [3.63, 3.8) is 0 Å². The molecule has 1 aliphatic carbocycles. The lowest BCUT2D eigenvalue weighted by atomic mass is 9.92. The summed E-state index contributed by atoms with van der Waals surface area (Å²) < 4.78 is 0. The molecule has 0 bridgehead atoms. The summed E-state index contributed by atoms with van der Waals surface area (Å²) in [5, 5.41) is 0. The summed E-state index contributed by atoms with van der Waals surface area (Å²) in [6.07, 6.45) is 5.30. The second kappa shape index (κ2) is 4.77. The van der Waals surface area contributed by atoms with E-state index in [0.29, 0.717) is 12.0 Å². The minimum atomic E-state index is 0.330. The van der Waals surface area contributed by atoms with E-state index in [-0.39, 0.29) is 0 Å². The number of nitrogens with one attached hydrogen (secondary N) is 1. The van der Waals surface area contributed by atoms with Gasteiger partial charge in [-0.1, -0.05) is 31.9 Å². The highest BCUT2D eigenvalue weighted by Crippen LogP contribution is 2.36. The van der Waals surface area contributed by atoms with E-state index in [0.717, 1.165) is 5.92 Å². The van der Waals surface area contributed by atoms with E-state index in [2.05, 4.69) is 25.9 Å². The maximum Gasteiger partial charge on any atom is 0.0442 e. The summed E-state index contributed by atoms with van der Waals surface area (Å²) in [7, 11) is 0. The minimum Gasteiger partial charge on any atom is -0.271 e. The van der Waals surface area contributed by atoms with Gasteiger partial charge in [0.2, 0.25) is 0 Å². The normalized spacial score (nSPS) is 30.4. The average molecular weight is 182 g/mol. The molecule has 0 radical (unpaired) electrons. The summed E-state index contributed by atoms with van der Waals surface area (Å²) in [6.45, 7) is 8.32. The van der Waals surface area contributed by atoms with Crippen LogP contribution in [0.4, 0.5) is 0 Å². The van der Waals surface area contributed by atoms with Crippen molar-refractivity contribution in [2.75, 3.05) is 0 Å². The van der Waals surface area contributed by atoms with E-state index >= 15 is 0 Å². The molecule has 1 rings (SSSR count). The minimum absolute atomic E-state index is 0.330. The fourth-order valence-corrected chi connectivity index (χ4v) is 2.47. The van der Waals surface area contributed by atoms with Crippen molar-refractivity contribution in [2.24, 2.45) is 17.7 Å². The Hall–Kier alpha value is -0.340. The Balaban J connectivity index is 2.48. The van der Waals surface area contributed by atoms with E-state index in [9.17, 15) is 0 Å². The van der Waals surface area contributed by atoms with Gasteiger partial charge in [0.05, 0.1) is 0 Å².